The fourth-order valence-corrected chi connectivity index (χ4v) is 1.95. The average Bonchev–Trinajstić information content (AvgIpc) is 2.70. The number of esters is 1. The molecule has 6 nitrogen and oxygen atoms in total. The van der Waals surface area contributed by atoms with E-state index in [1.165, 1.54) is 13.5 Å². The van der Waals surface area contributed by atoms with Gasteiger partial charge in [0.15, 0.2) is 5.69 Å². The number of nitrogen functional groups attached to an aromatic ring is 1. The monoisotopic (exact) mass is 239 g/mol. The van der Waals surface area contributed by atoms with Gasteiger partial charge in [0.05, 0.1) is 25.4 Å². The topological polar surface area (TPSA) is 79.4 Å². The highest BCUT2D eigenvalue weighted by atomic mass is 16.5. The average molecular weight is 239 g/mol. The summed E-state index contributed by atoms with van der Waals surface area (Å²) in [7, 11) is 1.31. The number of hydrogen-bond acceptors (Lipinski definition) is 5. The second-order valence-corrected chi connectivity index (χ2v) is 4.14. The van der Waals surface area contributed by atoms with Gasteiger partial charge in [-0.1, -0.05) is 0 Å². The maximum Gasteiger partial charge on any atom is 0.360 e. The molecule has 0 saturated carbocycles. The van der Waals surface area contributed by atoms with Gasteiger partial charge in [0, 0.05) is 12.8 Å². The minimum absolute atomic E-state index is 0.161. The minimum Gasteiger partial charge on any atom is -0.464 e. The molecular formula is C11H17N3O3. The molecule has 0 aliphatic carbocycles. The Morgan fingerprint density at radius 2 is 2.53 bits per heavy atom. The molecule has 0 bridgehead atoms. The van der Waals surface area contributed by atoms with E-state index in [1.807, 2.05) is 0 Å². The number of nitrogens with two attached hydrogens (primary N) is 1. The molecule has 1 aromatic heterocycles. The first-order valence-electron chi connectivity index (χ1n) is 5.73. The number of rotatable bonds is 3. The lowest BCUT2D eigenvalue weighted by molar-refractivity contribution is 0.00386. The molecule has 2 N–H and O–H groups in total. The summed E-state index contributed by atoms with van der Waals surface area (Å²) in [6.45, 7) is 1.42. The van der Waals surface area contributed by atoms with E-state index >= 15 is 0 Å². The molecule has 6 heteroatoms. The molecule has 2 heterocycles. The van der Waals surface area contributed by atoms with Crippen LogP contribution in [0.25, 0.3) is 0 Å². The van der Waals surface area contributed by atoms with Crippen molar-refractivity contribution in [1.29, 1.82) is 0 Å². The van der Waals surface area contributed by atoms with Crippen LogP contribution in [0.4, 0.5) is 5.69 Å². The highest BCUT2D eigenvalue weighted by molar-refractivity contribution is 5.92. The second kappa shape index (κ2) is 5.18. The number of anilines is 1. The number of carbonyl (C=O) groups is 1. The van der Waals surface area contributed by atoms with Crippen molar-refractivity contribution in [2.75, 3.05) is 19.5 Å². The van der Waals surface area contributed by atoms with Crippen LogP contribution in [0.15, 0.2) is 6.20 Å². The predicted molar refractivity (Wildman–Crippen MR) is 61.6 cm³/mol. The van der Waals surface area contributed by atoms with E-state index < -0.39 is 5.97 Å². The van der Waals surface area contributed by atoms with Gasteiger partial charge < -0.3 is 15.2 Å². The number of carbonyl (C=O) groups excluding carboxylic acids is 1. The van der Waals surface area contributed by atoms with Crippen molar-refractivity contribution in [3.63, 3.8) is 0 Å². The SMILES string of the molecule is COC(=O)c1nn(CC2CCCCO2)cc1N. The number of aromatic nitrogens is 2. The summed E-state index contributed by atoms with van der Waals surface area (Å²) in [6, 6.07) is 0. The van der Waals surface area contributed by atoms with Crippen LogP contribution in [-0.2, 0) is 16.0 Å². The Bertz CT molecular complexity index is 397. The van der Waals surface area contributed by atoms with Crippen molar-refractivity contribution in [1.82, 2.24) is 9.78 Å². The highest BCUT2D eigenvalue weighted by Gasteiger charge is 2.19. The third kappa shape index (κ3) is 2.76. The molecule has 1 saturated heterocycles. The third-order valence-corrected chi connectivity index (χ3v) is 2.83. The number of ether oxygens (including phenoxy) is 2. The Morgan fingerprint density at radius 1 is 1.71 bits per heavy atom. The molecule has 1 fully saturated rings. The van der Waals surface area contributed by atoms with E-state index in [0.29, 0.717) is 12.2 Å². The van der Waals surface area contributed by atoms with Crippen LogP contribution in [-0.4, -0.2) is 35.6 Å². The van der Waals surface area contributed by atoms with Crippen molar-refractivity contribution in [3.05, 3.63) is 11.9 Å². The molecule has 1 aliphatic heterocycles. The molecule has 0 amide bonds. The van der Waals surface area contributed by atoms with Crippen LogP contribution in [0.1, 0.15) is 29.8 Å². The molecule has 1 aromatic rings. The van der Waals surface area contributed by atoms with Crippen LogP contribution in [0.5, 0.6) is 0 Å². The van der Waals surface area contributed by atoms with Crippen molar-refractivity contribution >= 4 is 11.7 Å². The molecule has 0 aromatic carbocycles. The molecule has 0 radical (unpaired) electrons. The Morgan fingerprint density at radius 3 is 3.18 bits per heavy atom. The van der Waals surface area contributed by atoms with Gasteiger partial charge in [-0.25, -0.2) is 4.79 Å². The summed E-state index contributed by atoms with van der Waals surface area (Å²) in [5, 5.41) is 4.11. The van der Waals surface area contributed by atoms with Gasteiger partial charge in [0.25, 0.3) is 0 Å². The van der Waals surface area contributed by atoms with Gasteiger partial charge in [-0.3, -0.25) is 4.68 Å². The lowest BCUT2D eigenvalue weighted by atomic mass is 10.1. The van der Waals surface area contributed by atoms with E-state index in [0.717, 1.165) is 19.4 Å². The molecule has 94 valence electrons. The van der Waals surface area contributed by atoms with Crippen molar-refractivity contribution in [2.45, 2.75) is 31.9 Å². The predicted octanol–water partition coefficient (Wildman–Crippen LogP) is 0.821. The standard InChI is InChI=1S/C11H17N3O3/c1-16-11(15)10-9(12)7-14(13-10)6-8-4-2-3-5-17-8/h7-8H,2-6,12H2,1H3. The van der Waals surface area contributed by atoms with Crippen molar-refractivity contribution in [2.24, 2.45) is 0 Å². The fraction of sp³-hybridized carbons (Fsp3) is 0.636. The number of hydrogen-bond donors (Lipinski definition) is 1. The Kier molecular flexibility index (Phi) is 3.63. The zero-order valence-corrected chi connectivity index (χ0v) is 9.89. The van der Waals surface area contributed by atoms with Gasteiger partial charge in [0.2, 0.25) is 0 Å². The fourth-order valence-electron chi connectivity index (χ4n) is 1.95. The summed E-state index contributed by atoms with van der Waals surface area (Å²) in [6.07, 6.45) is 5.11. The first kappa shape index (κ1) is 11.9. The maximum atomic E-state index is 11.3. The van der Waals surface area contributed by atoms with Crippen LogP contribution >= 0.6 is 0 Å². The van der Waals surface area contributed by atoms with Gasteiger partial charge in [0.1, 0.15) is 0 Å². The van der Waals surface area contributed by atoms with Crippen molar-refractivity contribution < 1.29 is 14.3 Å². The molecule has 1 aliphatic rings. The lowest BCUT2D eigenvalue weighted by Crippen LogP contribution is -2.24. The van der Waals surface area contributed by atoms with Crippen molar-refractivity contribution in [3.8, 4) is 0 Å². The lowest BCUT2D eigenvalue weighted by Gasteiger charge is -2.22. The molecule has 17 heavy (non-hydrogen) atoms. The normalized spacial score (nSPS) is 20.2. The first-order valence-corrected chi connectivity index (χ1v) is 5.73. The maximum absolute atomic E-state index is 11.3. The third-order valence-electron chi connectivity index (χ3n) is 2.83. The van der Waals surface area contributed by atoms with E-state index in [-0.39, 0.29) is 11.8 Å². The first-order chi connectivity index (χ1) is 8.20. The smallest absolute Gasteiger partial charge is 0.360 e. The summed E-state index contributed by atoms with van der Waals surface area (Å²) in [5.74, 6) is -0.509. The van der Waals surface area contributed by atoms with Crippen LogP contribution in [0.3, 0.4) is 0 Å². The molecule has 1 atom stereocenters. The van der Waals surface area contributed by atoms with E-state index in [4.69, 9.17) is 10.5 Å². The molecular weight excluding hydrogens is 222 g/mol. The van der Waals surface area contributed by atoms with Crippen LogP contribution < -0.4 is 5.73 Å². The van der Waals surface area contributed by atoms with Crippen LogP contribution in [0.2, 0.25) is 0 Å². The van der Waals surface area contributed by atoms with Gasteiger partial charge in [-0.15, -0.1) is 0 Å². The Hall–Kier alpha value is -1.56. The van der Waals surface area contributed by atoms with Gasteiger partial charge in [-0.05, 0) is 19.3 Å². The zero-order chi connectivity index (χ0) is 12.3. The largest absolute Gasteiger partial charge is 0.464 e. The zero-order valence-electron chi connectivity index (χ0n) is 9.89. The Labute approximate surface area is 99.7 Å². The summed E-state index contributed by atoms with van der Waals surface area (Å²) < 4.78 is 11.8. The quantitative estimate of drug-likeness (QED) is 0.790. The van der Waals surface area contributed by atoms with E-state index in [1.54, 1.807) is 10.9 Å². The number of nitrogens with zero attached hydrogens (tertiary/aromatic N) is 2. The van der Waals surface area contributed by atoms with Crippen LogP contribution in [0, 0.1) is 0 Å². The van der Waals surface area contributed by atoms with E-state index in [2.05, 4.69) is 9.84 Å². The second-order valence-electron chi connectivity index (χ2n) is 4.14. The minimum atomic E-state index is -0.509. The summed E-state index contributed by atoms with van der Waals surface area (Å²) in [5.41, 5.74) is 6.21. The Balaban J connectivity index is 2.03. The molecule has 1 unspecified atom stereocenters. The summed E-state index contributed by atoms with van der Waals surface area (Å²) in [4.78, 5) is 11.3. The van der Waals surface area contributed by atoms with E-state index in [9.17, 15) is 4.79 Å². The molecule has 0 spiro atoms. The highest BCUT2D eigenvalue weighted by Crippen LogP contribution is 2.16. The van der Waals surface area contributed by atoms with Gasteiger partial charge in [-0.2, -0.15) is 5.10 Å². The van der Waals surface area contributed by atoms with Gasteiger partial charge >= 0.3 is 5.97 Å². The summed E-state index contributed by atoms with van der Waals surface area (Å²) >= 11 is 0. The molecule has 2 rings (SSSR count). The number of methoxy groups -OCH3 is 1.